The van der Waals surface area contributed by atoms with E-state index in [1.807, 2.05) is 6.92 Å². The van der Waals surface area contributed by atoms with Crippen molar-refractivity contribution >= 4 is 23.5 Å². The third-order valence-corrected chi connectivity index (χ3v) is 2.37. The minimum atomic E-state index is -0.547. The van der Waals surface area contributed by atoms with Gasteiger partial charge in [0.15, 0.2) is 0 Å². The Bertz CT molecular complexity index is 391. The topological polar surface area (TPSA) is 67.0 Å². The van der Waals surface area contributed by atoms with Gasteiger partial charge in [0.25, 0.3) is 5.69 Å². The minimum Gasteiger partial charge on any atom is -0.308 e. The van der Waals surface area contributed by atoms with Crippen LogP contribution in [-0.2, 0) is 6.42 Å². The van der Waals surface area contributed by atoms with Crippen molar-refractivity contribution in [3.05, 3.63) is 38.4 Å². The zero-order chi connectivity index (χ0) is 10.7. The van der Waals surface area contributed by atoms with Crippen molar-refractivity contribution in [3.8, 4) is 0 Å². The molecule has 0 bridgehead atoms. The summed E-state index contributed by atoms with van der Waals surface area (Å²) in [5.41, 5.74) is 1.13. The standard InChI is InChI=1S/C9H9ClN2O2/c1-2-6-3-4-8(12(13)14)9(10)7(6)5-11/h3-5,11H,2H2,1H3. The molecule has 1 N–H and O–H groups in total. The van der Waals surface area contributed by atoms with E-state index >= 15 is 0 Å². The predicted molar refractivity (Wildman–Crippen MR) is 55.4 cm³/mol. The maximum atomic E-state index is 10.5. The SMILES string of the molecule is CCc1ccc([N+](=O)[O-])c(Cl)c1C=N. The molecule has 0 saturated heterocycles. The Kier molecular flexibility index (Phi) is 3.19. The lowest BCUT2D eigenvalue weighted by molar-refractivity contribution is -0.384. The Morgan fingerprint density at radius 1 is 1.64 bits per heavy atom. The fraction of sp³-hybridized carbons (Fsp3) is 0.222. The van der Waals surface area contributed by atoms with Crippen LogP contribution in [0.3, 0.4) is 0 Å². The largest absolute Gasteiger partial charge is 0.308 e. The molecule has 4 nitrogen and oxygen atoms in total. The number of nitrogens with zero attached hydrogens (tertiary/aromatic N) is 1. The average Bonchev–Trinajstić information content (AvgIpc) is 2.16. The van der Waals surface area contributed by atoms with E-state index in [2.05, 4.69) is 0 Å². The van der Waals surface area contributed by atoms with Crippen LogP contribution in [-0.4, -0.2) is 11.1 Å². The molecule has 0 radical (unpaired) electrons. The van der Waals surface area contributed by atoms with E-state index < -0.39 is 4.92 Å². The van der Waals surface area contributed by atoms with E-state index in [9.17, 15) is 10.1 Å². The third kappa shape index (κ3) is 1.75. The first-order chi connectivity index (χ1) is 6.61. The van der Waals surface area contributed by atoms with Gasteiger partial charge in [-0.2, -0.15) is 0 Å². The van der Waals surface area contributed by atoms with Gasteiger partial charge in [-0.25, -0.2) is 0 Å². The summed E-state index contributed by atoms with van der Waals surface area (Å²) < 4.78 is 0. The molecular formula is C9H9ClN2O2. The second-order valence-corrected chi connectivity index (χ2v) is 3.10. The molecule has 1 aromatic carbocycles. The van der Waals surface area contributed by atoms with Crippen molar-refractivity contribution in [2.24, 2.45) is 0 Å². The molecule has 0 aromatic heterocycles. The molecule has 0 amide bonds. The average molecular weight is 213 g/mol. The predicted octanol–water partition coefficient (Wildman–Crippen LogP) is 2.81. The van der Waals surface area contributed by atoms with Crippen molar-refractivity contribution < 1.29 is 4.92 Å². The van der Waals surface area contributed by atoms with Crippen LogP contribution >= 0.6 is 11.6 Å². The van der Waals surface area contributed by atoms with Gasteiger partial charge in [0.1, 0.15) is 5.02 Å². The van der Waals surface area contributed by atoms with Crippen molar-refractivity contribution in [2.45, 2.75) is 13.3 Å². The van der Waals surface area contributed by atoms with Gasteiger partial charge in [0.05, 0.1) is 4.92 Å². The van der Waals surface area contributed by atoms with Crippen LogP contribution in [0.15, 0.2) is 12.1 Å². The fourth-order valence-corrected chi connectivity index (χ4v) is 1.53. The number of rotatable bonds is 3. The van der Waals surface area contributed by atoms with E-state index in [0.29, 0.717) is 12.0 Å². The fourth-order valence-electron chi connectivity index (χ4n) is 1.23. The molecule has 14 heavy (non-hydrogen) atoms. The van der Waals surface area contributed by atoms with Gasteiger partial charge in [-0.05, 0) is 12.0 Å². The molecule has 1 rings (SSSR count). The summed E-state index contributed by atoms with van der Waals surface area (Å²) in [5, 5.41) is 17.7. The van der Waals surface area contributed by atoms with Gasteiger partial charge in [0.2, 0.25) is 0 Å². The van der Waals surface area contributed by atoms with Crippen molar-refractivity contribution in [3.63, 3.8) is 0 Å². The Morgan fingerprint density at radius 3 is 2.71 bits per heavy atom. The quantitative estimate of drug-likeness (QED) is 0.476. The highest BCUT2D eigenvalue weighted by Gasteiger charge is 2.16. The molecule has 0 unspecified atom stereocenters. The summed E-state index contributed by atoms with van der Waals surface area (Å²) in [6.07, 6.45) is 1.75. The first-order valence-electron chi connectivity index (χ1n) is 4.08. The summed E-state index contributed by atoms with van der Waals surface area (Å²) in [6.45, 7) is 1.91. The van der Waals surface area contributed by atoms with Gasteiger partial charge in [0, 0.05) is 17.8 Å². The number of nitrogens with one attached hydrogen (secondary N) is 1. The lowest BCUT2D eigenvalue weighted by Crippen LogP contribution is -1.97. The van der Waals surface area contributed by atoms with Gasteiger partial charge in [-0.15, -0.1) is 0 Å². The van der Waals surface area contributed by atoms with Crippen LogP contribution in [0, 0.1) is 15.5 Å². The minimum absolute atomic E-state index is 0.0457. The third-order valence-electron chi connectivity index (χ3n) is 1.97. The number of halogens is 1. The summed E-state index contributed by atoms with van der Waals surface area (Å²) in [5.74, 6) is 0. The number of benzene rings is 1. The van der Waals surface area contributed by atoms with E-state index in [-0.39, 0.29) is 10.7 Å². The molecule has 0 spiro atoms. The van der Waals surface area contributed by atoms with E-state index in [4.69, 9.17) is 17.0 Å². The lowest BCUT2D eigenvalue weighted by Gasteiger charge is -2.04. The monoisotopic (exact) mass is 212 g/mol. The van der Waals surface area contributed by atoms with Crippen molar-refractivity contribution in [2.75, 3.05) is 0 Å². The lowest BCUT2D eigenvalue weighted by atomic mass is 10.1. The maximum Gasteiger partial charge on any atom is 0.288 e. The van der Waals surface area contributed by atoms with Crippen LogP contribution < -0.4 is 0 Å². The number of hydrogen-bond donors (Lipinski definition) is 1. The summed E-state index contributed by atoms with van der Waals surface area (Å²) in [6, 6.07) is 3.00. The Morgan fingerprint density at radius 2 is 2.29 bits per heavy atom. The Hall–Kier alpha value is -1.42. The van der Waals surface area contributed by atoms with E-state index in [1.54, 1.807) is 6.07 Å². The van der Waals surface area contributed by atoms with Crippen LogP contribution in [0.5, 0.6) is 0 Å². The van der Waals surface area contributed by atoms with Gasteiger partial charge >= 0.3 is 0 Å². The first kappa shape index (κ1) is 10.7. The van der Waals surface area contributed by atoms with E-state index in [0.717, 1.165) is 11.8 Å². The maximum absolute atomic E-state index is 10.5. The normalized spacial score (nSPS) is 9.86. The number of hydrogen-bond acceptors (Lipinski definition) is 3. The molecular weight excluding hydrogens is 204 g/mol. The molecule has 0 atom stereocenters. The molecule has 1 aromatic rings. The van der Waals surface area contributed by atoms with Crippen LogP contribution in [0.2, 0.25) is 5.02 Å². The van der Waals surface area contributed by atoms with Gasteiger partial charge in [-0.1, -0.05) is 24.6 Å². The van der Waals surface area contributed by atoms with E-state index in [1.165, 1.54) is 6.07 Å². The highest BCUT2D eigenvalue weighted by molar-refractivity contribution is 6.35. The number of nitro groups is 1. The highest BCUT2D eigenvalue weighted by Crippen LogP contribution is 2.29. The zero-order valence-electron chi connectivity index (χ0n) is 7.58. The van der Waals surface area contributed by atoms with Crippen molar-refractivity contribution in [1.29, 1.82) is 5.41 Å². The molecule has 0 aliphatic carbocycles. The van der Waals surface area contributed by atoms with Crippen LogP contribution in [0.25, 0.3) is 0 Å². The second-order valence-electron chi connectivity index (χ2n) is 2.73. The molecule has 5 heteroatoms. The van der Waals surface area contributed by atoms with Gasteiger partial charge in [-0.3, -0.25) is 10.1 Å². The molecule has 0 aliphatic heterocycles. The molecule has 0 fully saturated rings. The van der Waals surface area contributed by atoms with Crippen LogP contribution in [0.4, 0.5) is 5.69 Å². The molecule has 0 aliphatic rings. The van der Waals surface area contributed by atoms with Crippen molar-refractivity contribution in [1.82, 2.24) is 0 Å². The molecule has 74 valence electrons. The number of nitro benzene ring substituents is 1. The summed E-state index contributed by atoms with van der Waals surface area (Å²) >= 11 is 5.79. The Balaban J connectivity index is 3.42. The highest BCUT2D eigenvalue weighted by atomic mass is 35.5. The second kappa shape index (κ2) is 4.19. The molecule has 0 heterocycles. The zero-order valence-corrected chi connectivity index (χ0v) is 8.34. The van der Waals surface area contributed by atoms with Crippen LogP contribution in [0.1, 0.15) is 18.1 Å². The molecule has 0 saturated carbocycles. The summed E-state index contributed by atoms with van der Waals surface area (Å²) in [4.78, 5) is 9.99. The first-order valence-corrected chi connectivity index (χ1v) is 4.45. The summed E-state index contributed by atoms with van der Waals surface area (Å²) in [7, 11) is 0. The van der Waals surface area contributed by atoms with Gasteiger partial charge < -0.3 is 5.41 Å². The number of aryl methyl sites for hydroxylation is 1. The Labute approximate surface area is 86.2 Å². The smallest absolute Gasteiger partial charge is 0.288 e.